The van der Waals surface area contributed by atoms with Gasteiger partial charge in [-0.15, -0.1) is 0 Å². The van der Waals surface area contributed by atoms with Crippen LogP contribution in [0.2, 0.25) is 0 Å². The topological polar surface area (TPSA) is 65.4 Å². The molecular formula is C15H19NO4S. The Morgan fingerprint density at radius 3 is 2.57 bits per heavy atom. The monoisotopic (exact) mass is 309 g/mol. The lowest BCUT2D eigenvalue weighted by Crippen LogP contribution is -2.08. The predicted octanol–water partition coefficient (Wildman–Crippen LogP) is 2.00. The van der Waals surface area contributed by atoms with Crippen LogP contribution in [-0.4, -0.2) is 31.8 Å². The van der Waals surface area contributed by atoms with Gasteiger partial charge >= 0.3 is 5.97 Å². The van der Waals surface area contributed by atoms with Gasteiger partial charge in [0.2, 0.25) is 0 Å². The number of fused-ring (bicyclic) bond motifs is 1. The van der Waals surface area contributed by atoms with Crippen LogP contribution in [0.3, 0.4) is 0 Å². The second-order valence-electron chi connectivity index (χ2n) is 5.06. The van der Waals surface area contributed by atoms with Gasteiger partial charge in [-0.25, -0.2) is 8.42 Å². The van der Waals surface area contributed by atoms with Gasteiger partial charge in [-0.1, -0.05) is 0 Å². The Balaban J connectivity index is 2.63. The van der Waals surface area contributed by atoms with E-state index >= 15 is 0 Å². The molecule has 0 spiro atoms. The second kappa shape index (κ2) is 5.52. The van der Waals surface area contributed by atoms with Crippen molar-refractivity contribution in [3.8, 4) is 0 Å². The second-order valence-corrected chi connectivity index (χ2v) is 7.07. The van der Waals surface area contributed by atoms with Crippen molar-refractivity contribution in [2.24, 2.45) is 7.05 Å². The van der Waals surface area contributed by atoms with E-state index in [0.717, 1.165) is 22.2 Å². The van der Waals surface area contributed by atoms with Gasteiger partial charge < -0.3 is 9.30 Å². The van der Waals surface area contributed by atoms with Crippen molar-refractivity contribution in [1.82, 2.24) is 4.57 Å². The number of rotatable bonds is 4. The Kier molecular flexibility index (Phi) is 4.09. The Bertz CT molecular complexity index is 803. The number of aromatic nitrogens is 1. The first-order valence-corrected chi connectivity index (χ1v) is 8.58. The van der Waals surface area contributed by atoms with Gasteiger partial charge in [0.25, 0.3) is 0 Å². The summed E-state index contributed by atoms with van der Waals surface area (Å²) in [7, 11) is -1.38. The van der Waals surface area contributed by atoms with Crippen molar-refractivity contribution >= 4 is 26.7 Å². The fourth-order valence-electron chi connectivity index (χ4n) is 2.44. The van der Waals surface area contributed by atoms with Gasteiger partial charge in [0.05, 0.1) is 17.9 Å². The normalized spacial score (nSPS) is 11.8. The van der Waals surface area contributed by atoms with Crippen LogP contribution >= 0.6 is 0 Å². The summed E-state index contributed by atoms with van der Waals surface area (Å²) in [5.74, 6) is -0.308. The van der Waals surface area contributed by atoms with Crippen LogP contribution < -0.4 is 0 Å². The Hall–Kier alpha value is -1.82. The van der Waals surface area contributed by atoms with Crippen LogP contribution in [0.5, 0.6) is 0 Å². The molecule has 6 heteroatoms. The molecule has 114 valence electrons. The van der Waals surface area contributed by atoms with Gasteiger partial charge in [0, 0.05) is 29.9 Å². The Morgan fingerprint density at radius 2 is 2.00 bits per heavy atom. The van der Waals surface area contributed by atoms with E-state index in [0.29, 0.717) is 6.61 Å². The lowest BCUT2D eigenvalue weighted by Gasteiger charge is -2.03. The van der Waals surface area contributed by atoms with E-state index in [-0.39, 0.29) is 17.3 Å². The fraction of sp³-hybridized carbons (Fsp3) is 0.400. The van der Waals surface area contributed by atoms with E-state index in [2.05, 4.69) is 0 Å². The van der Waals surface area contributed by atoms with Gasteiger partial charge in [-0.3, -0.25) is 4.79 Å². The summed E-state index contributed by atoms with van der Waals surface area (Å²) >= 11 is 0. The molecular weight excluding hydrogens is 290 g/mol. The minimum atomic E-state index is -3.28. The van der Waals surface area contributed by atoms with E-state index in [1.165, 1.54) is 6.26 Å². The molecule has 2 rings (SSSR count). The average molecular weight is 309 g/mol. The van der Waals surface area contributed by atoms with Crippen molar-refractivity contribution in [3.05, 3.63) is 29.5 Å². The molecule has 21 heavy (non-hydrogen) atoms. The number of carbonyl (C=O) groups is 1. The maximum Gasteiger partial charge on any atom is 0.310 e. The number of benzene rings is 1. The zero-order valence-electron chi connectivity index (χ0n) is 12.6. The van der Waals surface area contributed by atoms with Crippen LogP contribution in [0.15, 0.2) is 23.1 Å². The number of aryl methyl sites for hydroxylation is 1. The molecule has 0 amide bonds. The van der Waals surface area contributed by atoms with Crippen molar-refractivity contribution in [1.29, 1.82) is 0 Å². The molecule has 2 aromatic rings. The van der Waals surface area contributed by atoms with E-state index in [1.807, 2.05) is 18.5 Å². The zero-order valence-corrected chi connectivity index (χ0v) is 13.5. The minimum Gasteiger partial charge on any atom is -0.466 e. The van der Waals surface area contributed by atoms with Gasteiger partial charge in [-0.2, -0.15) is 0 Å². The molecule has 0 fully saturated rings. The van der Waals surface area contributed by atoms with Crippen LogP contribution in [-0.2, 0) is 32.8 Å². The number of hydrogen-bond acceptors (Lipinski definition) is 4. The zero-order chi connectivity index (χ0) is 15.8. The van der Waals surface area contributed by atoms with Crippen molar-refractivity contribution in [2.75, 3.05) is 12.9 Å². The molecule has 0 aliphatic rings. The van der Waals surface area contributed by atoms with Crippen LogP contribution in [0.1, 0.15) is 18.2 Å². The standard InChI is InChI=1S/C15H19NO4S/c1-5-20-15(17)9-12-10(2)16(3)14-7-6-11(8-13(12)14)21(4,18)19/h6-8H,5,9H2,1-4H3. The van der Waals surface area contributed by atoms with Crippen LogP contribution in [0.25, 0.3) is 10.9 Å². The first-order valence-electron chi connectivity index (χ1n) is 6.69. The van der Waals surface area contributed by atoms with Crippen LogP contribution in [0, 0.1) is 6.92 Å². The average Bonchev–Trinajstić information content (AvgIpc) is 2.63. The van der Waals surface area contributed by atoms with E-state index in [9.17, 15) is 13.2 Å². The van der Waals surface area contributed by atoms with Crippen molar-refractivity contribution in [3.63, 3.8) is 0 Å². The highest BCUT2D eigenvalue weighted by Crippen LogP contribution is 2.28. The SMILES string of the molecule is CCOC(=O)Cc1c(C)n(C)c2ccc(S(C)(=O)=O)cc12. The molecule has 0 unspecified atom stereocenters. The summed E-state index contributed by atoms with van der Waals surface area (Å²) < 4.78 is 30.4. The number of ether oxygens (including phenoxy) is 1. The molecule has 0 saturated carbocycles. The third-order valence-corrected chi connectivity index (χ3v) is 4.76. The maximum atomic E-state index is 11.7. The predicted molar refractivity (Wildman–Crippen MR) is 81.1 cm³/mol. The molecule has 1 aromatic heterocycles. The lowest BCUT2D eigenvalue weighted by atomic mass is 10.1. The smallest absolute Gasteiger partial charge is 0.310 e. The maximum absolute atomic E-state index is 11.7. The number of nitrogens with zero attached hydrogens (tertiary/aromatic N) is 1. The molecule has 0 N–H and O–H groups in total. The van der Waals surface area contributed by atoms with E-state index in [4.69, 9.17) is 4.74 Å². The summed E-state index contributed by atoms with van der Waals surface area (Å²) in [4.78, 5) is 12.0. The number of esters is 1. The Morgan fingerprint density at radius 1 is 1.33 bits per heavy atom. The quantitative estimate of drug-likeness (QED) is 0.810. The number of hydrogen-bond donors (Lipinski definition) is 0. The van der Waals surface area contributed by atoms with Crippen molar-refractivity contribution in [2.45, 2.75) is 25.2 Å². The largest absolute Gasteiger partial charge is 0.466 e. The third-order valence-electron chi connectivity index (χ3n) is 3.65. The summed E-state index contributed by atoms with van der Waals surface area (Å²) in [5.41, 5.74) is 2.65. The van der Waals surface area contributed by atoms with Gasteiger partial charge in [-0.05, 0) is 37.6 Å². The summed E-state index contributed by atoms with van der Waals surface area (Å²) in [6.45, 7) is 4.00. The fourth-order valence-corrected chi connectivity index (χ4v) is 3.08. The number of sulfone groups is 1. The highest BCUT2D eigenvalue weighted by molar-refractivity contribution is 7.90. The summed E-state index contributed by atoms with van der Waals surface area (Å²) in [5, 5.41) is 0.783. The number of carbonyl (C=O) groups excluding carboxylic acids is 1. The van der Waals surface area contributed by atoms with Crippen molar-refractivity contribution < 1.29 is 17.9 Å². The lowest BCUT2D eigenvalue weighted by molar-refractivity contribution is -0.142. The van der Waals surface area contributed by atoms with Gasteiger partial charge in [0.1, 0.15) is 0 Å². The molecule has 1 heterocycles. The molecule has 0 saturated heterocycles. The van der Waals surface area contributed by atoms with E-state index in [1.54, 1.807) is 25.1 Å². The van der Waals surface area contributed by atoms with Gasteiger partial charge in [0.15, 0.2) is 9.84 Å². The van der Waals surface area contributed by atoms with E-state index < -0.39 is 9.84 Å². The minimum absolute atomic E-state index is 0.143. The molecule has 0 atom stereocenters. The molecule has 0 aliphatic heterocycles. The molecule has 0 bridgehead atoms. The highest BCUT2D eigenvalue weighted by atomic mass is 32.2. The molecule has 0 aliphatic carbocycles. The Labute approximate surface area is 124 Å². The summed E-state index contributed by atoms with van der Waals surface area (Å²) in [6, 6.07) is 4.99. The first kappa shape index (κ1) is 15.6. The highest BCUT2D eigenvalue weighted by Gasteiger charge is 2.18. The first-order chi connectivity index (χ1) is 9.75. The summed E-state index contributed by atoms with van der Waals surface area (Å²) in [6.07, 6.45) is 1.32. The van der Waals surface area contributed by atoms with Crippen LogP contribution in [0.4, 0.5) is 0 Å². The molecule has 0 radical (unpaired) electrons. The molecule has 1 aromatic carbocycles. The molecule has 5 nitrogen and oxygen atoms in total. The third kappa shape index (κ3) is 2.95.